The van der Waals surface area contributed by atoms with Crippen molar-refractivity contribution in [3.63, 3.8) is 0 Å². The fourth-order valence-electron chi connectivity index (χ4n) is 2.26. The number of aryl methyl sites for hydroxylation is 1. The largest absolute Gasteiger partial charge is 0.348 e. The minimum Gasteiger partial charge on any atom is -0.348 e. The minimum atomic E-state index is -0.677. The molecule has 0 saturated heterocycles. The van der Waals surface area contributed by atoms with Crippen LogP contribution < -0.4 is 10.6 Å². The molecule has 0 bridgehead atoms. The Bertz CT molecular complexity index is 535. The first-order valence-electron chi connectivity index (χ1n) is 7.35. The van der Waals surface area contributed by atoms with E-state index >= 15 is 0 Å². The summed E-state index contributed by atoms with van der Waals surface area (Å²) in [6, 6.07) is 3.50. The number of carbonyl (C=O) groups is 2. The number of allylic oxidation sites excluding steroid dienone is 1. The Labute approximate surface area is 124 Å². The fraction of sp³-hybridized carbons (Fsp3) is 0.438. The van der Waals surface area contributed by atoms with Crippen LogP contribution in [0.1, 0.15) is 37.7 Å². The summed E-state index contributed by atoms with van der Waals surface area (Å²) in [6.45, 7) is 2.41. The van der Waals surface area contributed by atoms with E-state index in [1.807, 2.05) is 13.0 Å². The summed E-state index contributed by atoms with van der Waals surface area (Å²) in [5.41, 5.74) is 2.38. The summed E-state index contributed by atoms with van der Waals surface area (Å²) in [7, 11) is 0. The van der Waals surface area contributed by atoms with Gasteiger partial charge in [0.1, 0.15) is 5.82 Å². The molecule has 0 spiro atoms. The maximum atomic E-state index is 11.7. The van der Waals surface area contributed by atoms with Gasteiger partial charge in [0.05, 0.1) is 0 Å². The van der Waals surface area contributed by atoms with Gasteiger partial charge < -0.3 is 10.6 Å². The van der Waals surface area contributed by atoms with Gasteiger partial charge in [-0.1, -0.05) is 17.7 Å². The van der Waals surface area contributed by atoms with Gasteiger partial charge in [-0.2, -0.15) is 0 Å². The van der Waals surface area contributed by atoms with Crippen molar-refractivity contribution in [3.8, 4) is 0 Å². The van der Waals surface area contributed by atoms with Gasteiger partial charge in [0.15, 0.2) is 0 Å². The van der Waals surface area contributed by atoms with Crippen LogP contribution in [0.25, 0.3) is 0 Å². The number of nitrogens with one attached hydrogen (secondary N) is 2. The van der Waals surface area contributed by atoms with E-state index in [-0.39, 0.29) is 0 Å². The smallest absolute Gasteiger partial charge is 0.314 e. The zero-order chi connectivity index (χ0) is 15.1. The molecule has 2 amide bonds. The molecule has 1 aromatic rings. The Hall–Kier alpha value is -2.17. The standard InChI is InChI=1S/C16H21N3O2/c1-12-7-8-14(18-11-12)19-16(21)15(20)17-10-9-13-5-3-2-4-6-13/h5,7-8,11H,2-4,6,9-10H2,1H3,(H,17,20)(H,18,19,21). The molecule has 1 heterocycles. The zero-order valence-electron chi connectivity index (χ0n) is 12.3. The van der Waals surface area contributed by atoms with Gasteiger partial charge in [0, 0.05) is 12.7 Å². The molecule has 112 valence electrons. The molecule has 0 saturated carbocycles. The number of nitrogens with zero attached hydrogens (tertiary/aromatic N) is 1. The van der Waals surface area contributed by atoms with Crippen molar-refractivity contribution in [2.75, 3.05) is 11.9 Å². The highest BCUT2D eigenvalue weighted by molar-refractivity contribution is 6.39. The van der Waals surface area contributed by atoms with Crippen molar-refractivity contribution in [1.29, 1.82) is 0 Å². The maximum Gasteiger partial charge on any atom is 0.314 e. The van der Waals surface area contributed by atoms with Gasteiger partial charge in [0.2, 0.25) is 0 Å². The fourth-order valence-corrected chi connectivity index (χ4v) is 2.26. The normalized spacial score (nSPS) is 14.2. The SMILES string of the molecule is Cc1ccc(NC(=O)C(=O)NCCC2=CCCCC2)nc1. The number of pyridine rings is 1. The minimum absolute atomic E-state index is 0.385. The summed E-state index contributed by atoms with van der Waals surface area (Å²) in [5, 5.41) is 5.12. The molecule has 2 N–H and O–H groups in total. The highest BCUT2D eigenvalue weighted by Crippen LogP contribution is 2.19. The first-order valence-corrected chi connectivity index (χ1v) is 7.35. The van der Waals surface area contributed by atoms with Crippen molar-refractivity contribution in [2.45, 2.75) is 39.0 Å². The lowest BCUT2D eigenvalue weighted by Gasteiger charge is -2.12. The molecule has 2 rings (SSSR count). The molecule has 0 unspecified atom stereocenters. The second-order valence-electron chi connectivity index (χ2n) is 5.29. The quantitative estimate of drug-likeness (QED) is 0.659. The van der Waals surface area contributed by atoms with Crippen LogP contribution in [0.15, 0.2) is 30.0 Å². The van der Waals surface area contributed by atoms with Crippen LogP contribution >= 0.6 is 0 Å². The average molecular weight is 287 g/mol. The molecule has 0 aliphatic heterocycles. The predicted octanol–water partition coefficient (Wildman–Crippen LogP) is 2.34. The molecule has 0 aromatic carbocycles. The molecule has 5 heteroatoms. The molecule has 0 fully saturated rings. The van der Waals surface area contributed by atoms with E-state index in [1.54, 1.807) is 12.3 Å². The van der Waals surface area contributed by atoms with Crippen LogP contribution in [0.5, 0.6) is 0 Å². The van der Waals surface area contributed by atoms with Gasteiger partial charge in [0.25, 0.3) is 0 Å². The number of amides is 2. The van der Waals surface area contributed by atoms with Crippen LogP contribution in [0.3, 0.4) is 0 Å². The second kappa shape index (κ2) is 7.57. The Morgan fingerprint density at radius 1 is 1.24 bits per heavy atom. The summed E-state index contributed by atoms with van der Waals surface area (Å²) in [6.07, 6.45) is 9.41. The van der Waals surface area contributed by atoms with Gasteiger partial charge >= 0.3 is 11.8 Å². The lowest BCUT2D eigenvalue weighted by molar-refractivity contribution is -0.136. The predicted molar refractivity (Wildman–Crippen MR) is 81.8 cm³/mol. The molecule has 0 radical (unpaired) electrons. The molecule has 1 aliphatic rings. The zero-order valence-corrected chi connectivity index (χ0v) is 12.3. The Kier molecular flexibility index (Phi) is 5.49. The highest BCUT2D eigenvalue weighted by Gasteiger charge is 2.14. The Balaban J connectivity index is 1.73. The number of hydrogen-bond acceptors (Lipinski definition) is 3. The lowest BCUT2D eigenvalue weighted by atomic mass is 9.97. The number of hydrogen-bond donors (Lipinski definition) is 2. The van der Waals surface area contributed by atoms with Crippen LogP contribution in [0.2, 0.25) is 0 Å². The summed E-state index contributed by atoms with van der Waals surface area (Å²) < 4.78 is 0. The number of rotatable bonds is 4. The summed E-state index contributed by atoms with van der Waals surface area (Å²) in [5.74, 6) is -0.909. The molecule has 5 nitrogen and oxygen atoms in total. The van der Waals surface area contributed by atoms with Crippen molar-refractivity contribution >= 4 is 17.6 Å². The molecular formula is C16H21N3O2. The molecule has 1 aromatic heterocycles. The molecular weight excluding hydrogens is 266 g/mol. The van der Waals surface area contributed by atoms with Crippen LogP contribution in [0.4, 0.5) is 5.82 Å². The van der Waals surface area contributed by atoms with Crippen LogP contribution in [0, 0.1) is 6.92 Å². The van der Waals surface area contributed by atoms with E-state index in [0.717, 1.165) is 24.8 Å². The highest BCUT2D eigenvalue weighted by atomic mass is 16.2. The monoisotopic (exact) mass is 287 g/mol. The number of aromatic nitrogens is 1. The van der Waals surface area contributed by atoms with E-state index in [0.29, 0.717) is 12.4 Å². The number of anilines is 1. The Morgan fingerprint density at radius 2 is 2.10 bits per heavy atom. The van der Waals surface area contributed by atoms with Crippen molar-refractivity contribution in [3.05, 3.63) is 35.5 Å². The van der Waals surface area contributed by atoms with E-state index in [1.165, 1.54) is 18.4 Å². The van der Waals surface area contributed by atoms with E-state index < -0.39 is 11.8 Å². The first kappa shape index (κ1) is 15.2. The topological polar surface area (TPSA) is 71.1 Å². The first-order chi connectivity index (χ1) is 10.1. The second-order valence-corrected chi connectivity index (χ2v) is 5.29. The van der Waals surface area contributed by atoms with E-state index in [4.69, 9.17) is 0 Å². The van der Waals surface area contributed by atoms with Gasteiger partial charge in [-0.05, 0) is 50.7 Å². The van der Waals surface area contributed by atoms with Gasteiger partial charge in [-0.15, -0.1) is 0 Å². The molecule has 1 aliphatic carbocycles. The van der Waals surface area contributed by atoms with Gasteiger partial charge in [-0.25, -0.2) is 4.98 Å². The van der Waals surface area contributed by atoms with E-state index in [9.17, 15) is 9.59 Å². The van der Waals surface area contributed by atoms with Crippen molar-refractivity contribution in [1.82, 2.24) is 10.3 Å². The van der Waals surface area contributed by atoms with Crippen LogP contribution in [-0.4, -0.2) is 23.3 Å². The maximum absolute atomic E-state index is 11.7. The Morgan fingerprint density at radius 3 is 2.76 bits per heavy atom. The summed E-state index contributed by atoms with van der Waals surface area (Å²) >= 11 is 0. The third kappa shape index (κ3) is 5.02. The average Bonchev–Trinajstić information content (AvgIpc) is 2.50. The van der Waals surface area contributed by atoms with Crippen molar-refractivity contribution in [2.24, 2.45) is 0 Å². The lowest BCUT2D eigenvalue weighted by Crippen LogP contribution is -2.36. The number of carbonyl (C=O) groups excluding carboxylic acids is 2. The van der Waals surface area contributed by atoms with E-state index in [2.05, 4.69) is 21.7 Å². The third-order valence-electron chi connectivity index (χ3n) is 3.48. The third-order valence-corrected chi connectivity index (χ3v) is 3.48. The van der Waals surface area contributed by atoms with Crippen molar-refractivity contribution < 1.29 is 9.59 Å². The summed E-state index contributed by atoms with van der Waals surface area (Å²) in [4.78, 5) is 27.4. The molecule has 21 heavy (non-hydrogen) atoms. The van der Waals surface area contributed by atoms with Gasteiger partial charge in [-0.3, -0.25) is 9.59 Å². The van der Waals surface area contributed by atoms with Crippen LogP contribution in [-0.2, 0) is 9.59 Å². The molecule has 0 atom stereocenters.